The van der Waals surface area contributed by atoms with Crippen LogP contribution in [0.5, 0.6) is 5.75 Å². The van der Waals surface area contributed by atoms with Crippen LogP contribution in [0.4, 0.5) is 0 Å². The fraction of sp³-hybridized carbons (Fsp3) is 0.560. The maximum Gasteiger partial charge on any atom is 0.326 e. The molecule has 0 saturated heterocycles. The maximum atomic E-state index is 13.1. The molecule has 0 saturated carbocycles. The number of aromatic hydroxyl groups is 1. The lowest BCUT2D eigenvalue weighted by atomic mass is 10.0. The molecule has 40 heavy (non-hydrogen) atoms. The molecule has 0 heterocycles. The Morgan fingerprint density at radius 2 is 1.50 bits per heavy atom. The number of nitrogens with zero attached hydrogens (tertiary/aromatic N) is 1. The van der Waals surface area contributed by atoms with Crippen LogP contribution in [0.1, 0.15) is 44.6 Å². The molecule has 1 aromatic rings. The average molecular weight is 567 g/mol. The minimum absolute atomic E-state index is 0.0343. The average Bonchev–Trinajstić information content (AvgIpc) is 2.88. The number of aliphatic hydroxyl groups is 1. The van der Waals surface area contributed by atoms with Crippen LogP contribution in [0, 0.1) is 0 Å². The van der Waals surface area contributed by atoms with Crippen molar-refractivity contribution >= 4 is 29.7 Å². The van der Waals surface area contributed by atoms with E-state index in [9.17, 15) is 34.5 Å². The molecule has 0 aliphatic heterocycles. The van der Waals surface area contributed by atoms with Gasteiger partial charge in [-0.25, -0.2) is 4.79 Å². The second-order valence-corrected chi connectivity index (χ2v) is 9.40. The lowest BCUT2D eigenvalue weighted by Gasteiger charge is -2.26. The van der Waals surface area contributed by atoms with Gasteiger partial charge in [-0.1, -0.05) is 12.1 Å². The SMILES string of the molecule is CC(O)C(NC(=O)C(N)Cc1ccc(O)cc1)C(=O)NC(CCCCN)C(=O)NC(CCCN=C(N)N)C(=O)O. The molecule has 0 aliphatic rings. The largest absolute Gasteiger partial charge is 0.508 e. The van der Waals surface area contributed by atoms with Crippen molar-refractivity contribution in [2.75, 3.05) is 13.1 Å². The first-order valence-electron chi connectivity index (χ1n) is 13.0. The summed E-state index contributed by atoms with van der Waals surface area (Å²) in [7, 11) is 0. The van der Waals surface area contributed by atoms with Gasteiger partial charge in [-0.2, -0.15) is 0 Å². The van der Waals surface area contributed by atoms with Crippen LogP contribution in [0.25, 0.3) is 0 Å². The Labute approximate surface area is 232 Å². The molecule has 3 amide bonds. The van der Waals surface area contributed by atoms with Crippen molar-refractivity contribution < 1.29 is 34.5 Å². The van der Waals surface area contributed by atoms with Gasteiger partial charge in [0.15, 0.2) is 5.96 Å². The summed E-state index contributed by atoms with van der Waals surface area (Å²) in [5, 5.41) is 36.5. The molecule has 0 fully saturated rings. The van der Waals surface area contributed by atoms with E-state index in [-0.39, 0.29) is 43.9 Å². The molecule has 5 unspecified atom stereocenters. The second-order valence-electron chi connectivity index (χ2n) is 9.40. The van der Waals surface area contributed by atoms with Crippen molar-refractivity contribution in [2.45, 2.75) is 75.7 Å². The molecule has 1 rings (SSSR count). The van der Waals surface area contributed by atoms with Crippen LogP contribution in [-0.2, 0) is 25.6 Å². The number of phenols is 1. The van der Waals surface area contributed by atoms with E-state index in [0.29, 0.717) is 24.9 Å². The van der Waals surface area contributed by atoms with Crippen molar-refractivity contribution in [2.24, 2.45) is 27.9 Å². The zero-order chi connectivity index (χ0) is 30.2. The lowest BCUT2D eigenvalue weighted by molar-refractivity contribution is -0.142. The van der Waals surface area contributed by atoms with Crippen molar-refractivity contribution in [1.82, 2.24) is 16.0 Å². The smallest absolute Gasteiger partial charge is 0.326 e. The standard InChI is InChI=1S/C25H42N8O7/c1-14(34)20(33-21(36)17(27)13-15-7-9-16(35)10-8-15)23(38)31-18(5-2-3-11-26)22(37)32-19(24(39)40)6-4-12-30-25(28)29/h7-10,14,17-20,34-35H,2-6,11-13,26-27H2,1H3,(H,31,38)(H,32,37)(H,33,36)(H,39,40)(H4,28,29,30). The third kappa shape index (κ3) is 12.7. The number of phenolic OH excluding ortho intramolecular Hbond substituents is 1. The van der Waals surface area contributed by atoms with Crippen LogP contribution in [0.2, 0.25) is 0 Å². The summed E-state index contributed by atoms with van der Waals surface area (Å²) in [6.07, 6.45) is 0.190. The van der Waals surface area contributed by atoms with E-state index in [1.54, 1.807) is 12.1 Å². The fourth-order valence-corrected chi connectivity index (χ4v) is 3.70. The molecule has 224 valence electrons. The summed E-state index contributed by atoms with van der Waals surface area (Å²) in [4.78, 5) is 54.2. The number of unbranched alkanes of at least 4 members (excludes halogenated alkanes) is 1. The summed E-state index contributed by atoms with van der Waals surface area (Å²) >= 11 is 0. The van der Waals surface area contributed by atoms with Crippen molar-refractivity contribution in [1.29, 1.82) is 0 Å². The Balaban J connectivity index is 2.91. The monoisotopic (exact) mass is 566 g/mol. The number of hydrogen-bond donors (Lipinski definition) is 10. The van der Waals surface area contributed by atoms with Gasteiger partial charge in [0.05, 0.1) is 12.1 Å². The number of hydrogen-bond acceptors (Lipinski definition) is 9. The first-order valence-corrected chi connectivity index (χ1v) is 13.0. The Hall–Kier alpha value is -3.95. The van der Waals surface area contributed by atoms with E-state index in [1.165, 1.54) is 19.1 Å². The highest BCUT2D eigenvalue weighted by molar-refractivity contribution is 5.94. The Kier molecular flexibility index (Phi) is 15.0. The zero-order valence-electron chi connectivity index (χ0n) is 22.6. The number of nitrogens with one attached hydrogen (secondary N) is 3. The molecule has 0 aliphatic carbocycles. The van der Waals surface area contributed by atoms with Crippen molar-refractivity contribution in [3.8, 4) is 5.75 Å². The van der Waals surface area contributed by atoms with Gasteiger partial charge in [0.25, 0.3) is 0 Å². The summed E-state index contributed by atoms with van der Waals surface area (Å²) in [6.45, 7) is 1.80. The lowest BCUT2D eigenvalue weighted by Crippen LogP contribution is -2.60. The van der Waals surface area contributed by atoms with Crippen LogP contribution in [0.15, 0.2) is 29.3 Å². The molecular formula is C25H42N8O7. The highest BCUT2D eigenvalue weighted by Gasteiger charge is 2.32. The Morgan fingerprint density at radius 3 is 2.05 bits per heavy atom. The number of aliphatic imine (C=N–C) groups is 1. The molecule has 0 bridgehead atoms. The first kappa shape index (κ1) is 34.1. The number of guanidine groups is 1. The van der Waals surface area contributed by atoms with Gasteiger partial charge in [0, 0.05) is 6.54 Å². The fourth-order valence-electron chi connectivity index (χ4n) is 3.70. The number of nitrogens with two attached hydrogens (primary N) is 4. The predicted octanol–water partition coefficient (Wildman–Crippen LogP) is -2.64. The highest BCUT2D eigenvalue weighted by atomic mass is 16.4. The summed E-state index contributed by atoms with van der Waals surface area (Å²) in [5.41, 5.74) is 22.7. The van der Waals surface area contributed by atoms with Crippen LogP contribution in [-0.4, -0.2) is 88.3 Å². The number of carboxylic acids is 1. The van der Waals surface area contributed by atoms with E-state index < -0.39 is 54.0 Å². The number of carbonyl (C=O) groups is 4. The highest BCUT2D eigenvalue weighted by Crippen LogP contribution is 2.11. The number of aliphatic carboxylic acids is 1. The van der Waals surface area contributed by atoms with E-state index in [0.717, 1.165) is 0 Å². The molecule has 5 atom stereocenters. The van der Waals surface area contributed by atoms with Gasteiger partial charge in [0.1, 0.15) is 23.9 Å². The molecule has 0 aromatic heterocycles. The van der Waals surface area contributed by atoms with Gasteiger partial charge in [-0.05, 0) is 69.7 Å². The Morgan fingerprint density at radius 1 is 0.900 bits per heavy atom. The molecule has 0 radical (unpaired) electrons. The maximum absolute atomic E-state index is 13.1. The molecule has 15 nitrogen and oxygen atoms in total. The number of amides is 3. The molecule has 1 aromatic carbocycles. The topological polar surface area (TPSA) is 282 Å². The van der Waals surface area contributed by atoms with Crippen LogP contribution >= 0.6 is 0 Å². The second kappa shape index (κ2) is 17.6. The predicted molar refractivity (Wildman–Crippen MR) is 148 cm³/mol. The van der Waals surface area contributed by atoms with Crippen LogP contribution in [0.3, 0.4) is 0 Å². The van der Waals surface area contributed by atoms with E-state index in [1.807, 2.05) is 0 Å². The number of carbonyl (C=O) groups excluding carboxylic acids is 3. The summed E-state index contributed by atoms with van der Waals surface area (Å²) in [5.74, 6) is -3.68. The molecule has 15 heteroatoms. The number of aliphatic hydroxyl groups excluding tert-OH is 1. The normalized spacial score (nSPS) is 14.6. The number of carboxylic acid groups (broad SMARTS) is 1. The third-order valence-electron chi connectivity index (χ3n) is 5.93. The molecule has 14 N–H and O–H groups in total. The number of benzene rings is 1. The van der Waals surface area contributed by atoms with Gasteiger partial charge < -0.3 is 54.2 Å². The summed E-state index contributed by atoms with van der Waals surface area (Å²) < 4.78 is 0. The van der Waals surface area contributed by atoms with E-state index in [4.69, 9.17) is 22.9 Å². The molecule has 0 spiro atoms. The number of rotatable bonds is 18. The molecular weight excluding hydrogens is 524 g/mol. The van der Waals surface area contributed by atoms with E-state index >= 15 is 0 Å². The Bertz CT molecular complexity index is 999. The van der Waals surface area contributed by atoms with Crippen LogP contribution < -0.4 is 38.9 Å². The quantitative estimate of drug-likeness (QED) is 0.0498. The first-order chi connectivity index (χ1) is 18.8. The minimum Gasteiger partial charge on any atom is -0.508 e. The third-order valence-corrected chi connectivity index (χ3v) is 5.93. The zero-order valence-corrected chi connectivity index (χ0v) is 22.6. The van der Waals surface area contributed by atoms with Gasteiger partial charge in [0.2, 0.25) is 17.7 Å². The van der Waals surface area contributed by atoms with Gasteiger partial charge in [-0.15, -0.1) is 0 Å². The van der Waals surface area contributed by atoms with Gasteiger partial charge in [-0.3, -0.25) is 19.4 Å². The van der Waals surface area contributed by atoms with E-state index in [2.05, 4.69) is 20.9 Å². The van der Waals surface area contributed by atoms with Gasteiger partial charge >= 0.3 is 5.97 Å². The summed E-state index contributed by atoms with van der Waals surface area (Å²) in [6, 6.07) is 1.13. The minimum atomic E-state index is -1.45. The van der Waals surface area contributed by atoms with Crippen molar-refractivity contribution in [3.63, 3.8) is 0 Å². The van der Waals surface area contributed by atoms with Crippen molar-refractivity contribution in [3.05, 3.63) is 29.8 Å².